The van der Waals surface area contributed by atoms with Gasteiger partial charge in [-0.25, -0.2) is 4.98 Å². The maximum atomic E-state index is 4.78. The molecule has 1 saturated carbocycles. The molecule has 0 saturated heterocycles. The van der Waals surface area contributed by atoms with Crippen LogP contribution in [0, 0.1) is 6.92 Å². The summed E-state index contributed by atoms with van der Waals surface area (Å²) in [7, 11) is 6.60. The number of nitrogens with zero attached hydrogens (tertiary/aromatic N) is 3. The molecule has 0 atom stereocenters. The van der Waals surface area contributed by atoms with Crippen molar-refractivity contribution in [1.82, 2.24) is 15.2 Å². The average molecular weight is 311 g/mol. The normalized spacial score (nSPS) is 17.0. The maximum absolute atomic E-state index is 4.78. The first-order valence-corrected chi connectivity index (χ1v) is 8.86. The van der Waals surface area contributed by atoms with E-state index in [1.54, 1.807) is 0 Å². The Morgan fingerprint density at radius 3 is 2.52 bits per heavy atom. The van der Waals surface area contributed by atoms with Gasteiger partial charge in [0.25, 0.3) is 0 Å². The molecule has 4 nitrogen and oxygen atoms in total. The zero-order valence-corrected chi connectivity index (χ0v) is 15.0. The van der Waals surface area contributed by atoms with E-state index in [4.69, 9.17) is 4.98 Å². The Kier molecular flexibility index (Phi) is 5.63. The molecule has 1 aromatic rings. The second-order valence-electron chi connectivity index (χ2n) is 6.51. The largest absolute Gasteiger partial charge is 0.349 e. The van der Waals surface area contributed by atoms with Crippen LogP contribution in [-0.2, 0) is 6.54 Å². The number of aromatic nitrogens is 1. The van der Waals surface area contributed by atoms with Crippen LogP contribution in [0.25, 0.3) is 0 Å². The number of nitrogens with one attached hydrogen (secondary N) is 1. The lowest BCUT2D eigenvalue weighted by Crippen LogP contribution is -2.56. The number of aryl methyl sites for hydroxylation is 1. The maximum Gasteiger partial charge on any atom is 0.185 e. The van der Waals surface area contributed by atoms with Gasteiger partial charge in [0.05, 0.1) is 5.69 Å². The summed E-state index contributed by atoms with van der Waals surface area (Å²) in [5.74, 6) is 0. The highest BCUT2D eigenvalue weighted by atomic mass is 32.1. The summed E-state index contributed by atoms with van der Waals surface area (Å²) in [6, 6.07) is 0. The van der Waals surface area contributed by atoms with E-state index in [1.807, 2.05) is 11.3 Å². The molecule has 1 fully saturated rings. The van der Waals surface area contributed by atoms with Gasteiger partial charge in [-0.15, -0.1) is 11.3 Å². The van der Waals surface area contributed by atoms with E-state index in [0.29, 0.717) is 5.54 Å². The second-order valence-corrected chi connectivity index (χ2v) is 7.57. The fraction of sp³-hybridized carbons (Fsp3) is 0.812. The molecule has 0 spiro atoms. The zero-order chi connectivity index (χ0) is 15.5. The molecule has 2 rings (SSSR count). The van der Waals surface area contributed by atoms with Crippen molar-refractivity contribution in [3.63, 3.8) is 0 Å². The van der Waals surface area contributed by atoms with Crippen molar-refractivity contribution in [3.05, 3.63) is 10.6 Å². The molecule has 5 heteroatoms. The molecule has 0 bridgehead atoms. The summed E-state index contributed by atoms with van der Waals surface area (Å²) >= 11 is 1.84. The summed E-state index contributed by atoms with van der Waals surface area (Å²) < 4.78 is 0. The average Bonchev–Trinajstić information content (AvgIpc) is 2.75. The van der Waals surface area contributed by atoms with Crippen molar-refractivity contribution in [2.45, 2.75) is 51.6 Å². The molecule has 0 amide bonds. The van der Waals surface area contributed by atoms with Gasteiger partial charge in [-0.1, -0.05) is 6.92 Å². The van der Waals surface area contributed by atoms with Gasteiger partial charge in [-0.3, -0.25) is 0 Å². The fourth-order valence-corrected chi connectivity index (χ4v) is 3.95. The molecule has 1 heterocycles. The van der Waals surface area contributed by atoms with Gasteiger partial charge in [0.15, 0.2) is 5.13 Å². The molecule has 1 aromatic heterocycles. The molecule has 0 aromatic carbocycles. The van der Waals surface area contributed by atoms with E-state index in [2.05, 4.69) is 50.1 Å². The molecule has 21 heavy (non-hydrogen) atoms. The summed E-state index contributed by atoms with van der Waals surface area (Å²) in [5, 5.41) is 4.64. The minimum Gasteiger partial charge on any atom is -0.349 e. The fourth-order valence-electron chi connectivity index (χ4n) is 2.96. The monoisotopic (exact) mass is 310 g/mol. The van der Waals surface area contributed by atoms with E-state index >= 15 is 0 Å². The molecule has 1 aliphatic rings. The smallest absolute Gasteiger partial charge is 0.185 e. The van der Waals surface area contributed by atoms with Gasteiger partial charge in [0.2, 0.25) is 0 Å². The molecular formula is C16H30N4S. The highest BCUT2D eigenvalue weighted by Crippen LogP contribution is 2.38. The lowest BCUT2D eigenvalue weighted by molar-refractivity contribution is 0.0683. The van der Waals surface area contributed by atoms with Crippen molar-refractivity contribution < 1.29 is 0 Å². The van der Waals surface area contributed by atoms with Crippen molar-refractivity contribution in [3.8, 4) is 0 Å². The molecule has 0 aliphatic heterocycles. The summed E-state index contributed by atoms with van der Waals surface area (Å²) in [6.07, 6.45) is 5.14. The number of anilines is 1. The standard InChI is InChI=1S/C16H30N4S/c1-6-10-17-11-14-13(2)18-15(21-14)20(5)12-16(19(3)4)8-7-9-16/h17H,6-12H2,1-5H3. The predicted octanol–water partition coefficient (Wildman–Crippen LogP) is 2.87. The molecule has 1 aliphatic carbocycles. The van der Waals surface area contributed by atoms with Gasteiger partial charge in [-0.2, -0.15) is 0 Å². The lowest BCUT2D eigenvalue weighted by atomic mass is 9.75. The first-order valence-electron chi connectivity index (χ1n) is 8.04. The van der Waals surface area contributed by atoms with Crippen LogP contribution in [0.3, 0.4) is 0 Å². The van der Waals surface area contributed by atoms with Gasteiger partial charge in [0.1, 0.15) is 0 Å². The Morgan fingerprint density at radius 2 is 2.00 bits per heavy atom. The van der Waals surface area contributed by atoms with E-state index in [9.17, 15) is 0 Å². The number of rotatable bonds is 8. The minimum absolute atomic E-state index is 0.356. The third kappa shape index (κ3) is 3.76. The van der Waals surface area contributed by atoms with Crippen LogP contribution in [-0.4, -0.2) is 49.7 Å². The van der Waals surface area contributed by atoms with Crippen LogP contribution in [0.2, 0.25) is 0 Å². The number of thiazole rings is 1. The quantitative estimate of drug-likeness (QED) is 0.748. The Bertz CT molecular complexity index is 451. The lowest BCUT2D eigenvalue weighted by Gasteiger charge is -2.49. The summed E-state index contributed by atoms with van der Waals surface area (Å²) in [6.45, 7) is 7.43. The van der Waals surface area contributed by atoms with E-state index in [-0.39, 0.29) is 0 Å². The summed E-state index contributed by atoms with van der Waals surface area (Å²) in [5.41, 5.74) is 1.53. The second kappa shape index (κ2) is 7.07. The van der Waals surface area contributed by atoms with Crippen LogP contribution < -0.4 is 10.2 Å². The number of hydrogen-bond acceptors (Lipinski definition) is 5. The van der Waals surface area contributed by atoms with Gasteiger partial charge in [0, 0.05) is 30.6 Å². The Hall–Kier alpha value is -0.650. The minimum atomic E-state index is 0.356. The third-order valence-electron chi connectivity index (χ3n) is 4.68. The van der Waals surface area contributed by atoms with E-state index in [0.717, 1.165) is 24.8 Å². The molecular weight excluding hydrogens is 280 g/mol. The van der Waals surface area contributed by atoms with Crippen molar-refractivity contribution in [2.24, 2.45) is 0 Å². The molecule has 120 valence electrons. The Balaban J connectivity index is 1.99. The van der Waals surface area contributed by atoms with Crippen LogP contribution in [0.5, 0.6) is 0 Å². The van der Waals surface area contributed by atoms with Crippen LogP contribution in [0.4, 0.5) is 5.13 Å². The van der Waals surface area contributed by atoms with Crippen LogP contribution in [0.15, 0.2) is 0 Å². The van der Waals surface area contributed by atoms with E-state index in [1.165, 1.54) is 36.3 Å². The van der Waals surface area contributed by atoms with Gasteiger partial charge < -0.3 is 15.1 Å². The topological polar surface area (TPSA) is 31.4 Å². The predicted molar refractivity (Wildman–Crippen MR) is 92.4 cm³/mol. The van der Waals surface area contributed by atoms with Gasteiger partial charge >= 0.3 is 0 Å². The number of hydrogen-bond donors (Lipinski definition) is 1. The number of likely N-dealkylation sites (N-methyl/N-ethyl adjacent to an activating group) is 2. The SMILES string of the molecule is CCCNCc1sc(N(C)CC2(N(C)C)CCC2)nc1C. The molecule has 0 unspecified atom stereocenters. The van der Waals surface area contributed by atoms with Crippen molar-refractivity contribution >= 4 is 16.5 Å². The van der Waals surface area contributed by atoms with Gasteiger partial charge in [-0.05, 0) is 53.2 Å². The molecule has 0 radical (unpaired) electrons. The highest BCUT2D eigenvalue weighted by Gasteiger charge is 2.40. The first kappa shape index (κ1) is 16.7. The Labute approximate surface area is 133 Å². The van der Waals surface area contributed by atoms with Crippen LogP contribution in [0.1, 0.15) is 43.2 Å². The van der Waals surface area contributed by atoms with Crippen molar-refractivity contribution in [1.29, 1.82) is 0 Å². The third-order valence-corrected chi connectivity index (χ3v) is 5.96. The molecule has 1 N–H and O–H groups in total. The highest BCUT2D eigenvalue weighted by molar-refractivity contribution is 7.15. The summed E-state index contributed by atoms with van der Waals surface area (Å²) in [4.78, 5) is 10.9. The Morgan fingerprint density at radius 1 is 1.29 bits per heavy atom. The first-order chi connectivity index (χ1) is 9.98. The van der Waals surface area contributed by atoms with E-state index < -0.39 is 0 Å². The van der Waals surface area contributed by atoms with Crippen molar-refractivity contribution in [2.75, 3.05) is 39.1 Å². The van der Waals surface area contributed by atoms with Crippen LogP contribution >= 0.6 is 11.3 Å². The zero-order valence-electron chi connectivity index (χ0n) is 14.2.